The molecule has 7 heteroatoms. The molecule has 0 spiro atoms. The molecule has 1 aliphatic heterocycles. The Labute approximate surface area is 206 Å². The van der Waals surface area contributed by atoms with Gasteiger partial charge in [-0.3, -0.25) is 9.89 Å². The van der Waals surface area contributed by atoms with Crippen LogP contribution in [0.3, 0.4) is 0 Å². The molecule has 1 fully saturated rings. The third-order valence-electron chi connectivity index (χ3n) is 6.03. The summed E-state index contributed by atoms with van der Waals surface area (Å²) in [6.07, 6.45) is 2.00. The van der Waals surface area contributed by atoms with Gasteiger partial charge in [-0.2, -0.15) is 0 Å². The molecule has 1 heterocycles. The molecule has 31 heavy (non-hydrogen) atoms. The van der Waals surface area contributed by atoms with E-state index >= 15 is 0 Å². The number of hydrogen-bond acceptors (Lipinski definition) is 4. The van der Waals surface area contributed by atoms with Gasteiger partial charge in [-0.05, 0) is 65.2 Å². The van der Waals surface area contributed by atoms with Gasteiger partial charge in [0.1, 0.15) is 5.75 Å². The molecule has 2 N–H and O–H groups in total. The normalized spacial score (nSPS) is 16.4. The SMILES string of the molecule is CCOc1ccc(C2(CNC(=NC)NCCN(C(C)C)C(C)C)CCOCC2)cc1.I. The van der Waals surface area contributed by atoms with Crippen molar-refractivity contribution in [2.45, 2.75) is 65.0 Å². The van der Waals surface area contributed by atoms with Crippen molar-refractivity contribution in [3.05, 3.63) is 29.8 Å². The van der Waals surface area contributed by atoms with Crippen molar-refractivity contribution >= 4 is 29.9 Å². The summed E-state index contributed by atoms with van der Waals surface area (Å²) in [7, 11) is 1.84. The number of aliphatic imine (C=N–C) groups is 1. The highest BCUT2D eigenvalue weighted by Crippen LogP contribution is 2.35. The predicted molar refractivity (Wildman–Crippen MR) is 141 cm³/mol. The molecule has 0 atom stereocenters. The van der Waals surface area contributed by atoms with Crippen LogP contribution < -0.4 is 15.4 Å². The molecule has 0 aromatic heterocycles. The van der Waals surface area contributed by atoms with E-state index in [1.54, 1.807) is 0 Å². The van der Waals surface area contributed by atoms with Crippen LogP contribution in [0.25, 0.3) is 0 Å². The van der Waals surface area contributed by atoms with Crippen molar-refractivity contribution in [2.75, 3.05) is 46.5 Å². The monoisotopic (exact) mass is 546 g/mol. The maximum Gasteiger partial charge on any atom is 0.191 e. The van der Waals surface area contributed by atoms with E-state index in [0.717, 1.165) is 57.4 Å². The summed E-state index contributed by atoms with van der Waals surface area (Å²) in [4.78, 5) is 6.93. The van der Waals surface area contributed by atoms with Crippen LogP contribution in [0, 0.1) is 0 Å². The zero-order chi connectivity index (χ0) is 22.0. The summed E-state index contributed by atoms with van der Waals surface area (Å²) in [6, 6.07) is 9.64. The van der Waals surface area contributed by atoms with Crippen molar-refractivity contribution in [1.29, 1.82) is 0 Å². The Bertz CT molecular complexity index is 635. The number of nitrogens with one attached hydrogen (secondary N) is 2. The smallest absolute Gasteiger partial charge is 0.191 e. The molecule has 0 unspecified atom stereocenters. The molecule has 0 amide bonds. The topological polar surface area (TPSA) is 58.1 Å². The summed E-state index contributed by atoms with van der Waals surface area (Å²) in [5.41, 5.74) is 1.38. The zero-order valence-corrected chi connectivity index (χ0v) is 22.6. The van der Waals surface area contributed by atoms with Gasteiger partial charge in [-0.15, -0.1) is 24.0 Å². The molecule has 0 radical (unpaired) electrons. The van der Waals surface area contributed by atoms with E-state index in [4.69, 9.17) is 9.47 Å². The van der Waals surface area contributed by atoms with Crippen LogP contribution in [0.15, 0.2) is 29.3 Å². The third-order valence-corrected chi connectivity index (χ3v) is 6.03. The van der Waals surface area contributed by atoms with Gasteiger partial charge in [0, 0.05) is 57.4 Å². The van der Waals surface area contributed by atoms with Crippen molar-refractivity contribution < 1.29 is 9.47 Å². The van der Waals surface area contributed by atoms with Crippen LogP contribution in [0.1, 0.15) is 53.0 Å². The molecule has 2 rings (SSSR count). The van der Waals surface area contributed by atoms with Gasteiger partial charge in [-0.1, -0.05) is 12.1 Å². The van der Waals surface area contributed by atoms with E-state index in [1.165, 1.54) is 5.56 Å². The summed E-state index contributed by atoms with van der Waals surface area (Å²) >= 11 is 0. The van der Waals surface area contributed by atoms with E-state index in [-0.39, 0.29) is 29.4 Å². The molecule has 0 bridgehead atoms. The second-order valence-electron chi connectivity index (χ2n) is 8.63. The Hall–Kier alpha value is -1.06. The first-order chi connectivity index (χ1) is 14.4. The Morgan fingerprint density at radius 2 is 1.71 bits per heavy atom. The highest BCUT2D eigenvalue weighted by molar-refractivity contribution is 14.0. The minimum Gasteiger partial charge on any atom is -0.494 e. The second-order valence-corrected chi connectivity index (χ2v) is 8.63. The molecule has 0 saturated carbocycles. The molecule has 178 valence electrons. The lowest BCUT2D eigenvalue weighted by molar-refractivity contribution is 0.0513. The number of rotatable bonds is 10. The van der Waals surface area contributed by atoms with Crippen LogP contribution in [-0.4, -0.2) is 69.4 Å². The summed E-state index contributed by atoms with van der Waals surface area (Å²) < 4.78 is 11.3. The Balaban J connectivity index is 0.00000480. The second kappa shape index (κ2) is 14.2. The molecule has 1 aromatic rings. The highest BCUT2D eigenvalue weighted by Gasteiger charge is 2.34. The van der Waals surface area contributed by atoms with Crippen LogP contribution >= 0.6 is 24.0 Å². The average Bonchev–Trinajstić information content (AvgIpc) is 2.74. The van der Waals surface area contributed by atoms with Crippen molar-refractivity contribution in [3.8, 4) is 5.75 Å². The molecule has 1 aromatic carbocycles. The number of nitrogens with zero attached hydrogens (tertiary/aromatic N) is 2. The number of guanidine groups is 1. The van der Waals surface area contributed by atoms with E-state index in [2.05, 4.69) is 72.5 Å². The highest BCUT2D eigenvalue weighted by atomic mass is 127. The van der Waals surface area contributed by atoms with Crippen molar-refractivity contribution in [2.24, 2.45) is 4.99 Å². The van der Waals surface area contributed by atoms with Gasteiger partial charge in [0.15, 0.2) is 5.96 Å². The first-order valence-electron chi connectivity index (χ1n) is 11.4. The lowest BCUT2D eigenvalue weighted by Crippen LogP contribution is -2.49. The molecular formula is C24H43IN4O2. The fourth-order valence-corrected chi connectivity index (χ4v) is 4.29. The first kappa shape index (κ1) is 28.0. The minimum atomic E-state index is 0. The molecule has 6 nitrogen and oxygen atoms in total. The lowest BCUT2D eigenvalue weighted by atomic mass is 9.74. The van der Waals surface area contributed by atoms with Crippen molar-refractivity contribution in [3.63, 3.8) is 0 Å². The fourth-order valence-electron chi connectivity index (χ4n) is 4.29. The quantitative estimate of drug-likeness (QED) is 0.264. The van der Waals surface area contributed by atoms with Gasteiger partial charge >= 0.3 is 0 Å². The van der Waals surface area contributed by atoms with E-state index < -0.39 is 0 Å². The minimum absolute atomic E-state index is 0. The van der Waals surface area contributed by atoms with Gasteiger partial charge in [0.05, 0.1) is 6.61 Å². The van der Waals surface area contributed by atoms with Crippen molar-refractivity contribution in [1.82, 2.24) is 15.5 Å². The molecule has 0 aliphatic carbocycles. The Morgan fingerprint density at radius 3 is 2.23 bits per heavy atom. The molecular weight excluding hydrogens is 503 g/mol. The summed E-state index contributed by atoms with van der Waals surface area (Å²) in [5.74, 6) is 1.79. The Morgan fingerprint density at radius 1 is 1.10 bits per heavy atom. The van der Waals surface area contributed by atoms with Crippen LogP contribution in [0.2, 0.25) is 0 Å². The van der Waals surface area contributed by atoms with Gasteiger partial charge in [0.25, 0.3) is 0 Å². The van der Waals surface area contributed by atoms with Crippen LogP contribution in [0.4, 0.5) is 0 Å². The number of benzene rings is 1. The number of hydrogen-bond donors (Lipinski definition) is 2. The number of halogens is 1. The maximum absolute atomic E-state index is 5.67. The fraction of sp³-hybridized carbons (Fsp3) is 0.708. The summed E-state index contributed by atoms with van der Waals surface area (Å²) in [6.45, 7) is 16.0. The van der Waals surface area contributed by atoms with Crippen LogP contribution in [-0.2, 0) is 10.2 Å². The van der Waals surface area contributed by atoms with Gasteiger partial charge < -0.3 is 20.1 Å². The van der Waals surface area contributed by atoms with E-state index in [1.807, 2.05) is 14.0 Å². The zero-order valence-electron chi connectivity index (χ0n) is 20.2. The third kappa shape index (κ3) is 8.42. The largest absolute Gasteiger partial charge is 0.494 e. The van der Waals surface area contributed by atoms with Crippen LogP contribution in [0.5, 0.6) is 5.75 Å². The van der Waals surface area contributed by atoms with E-state index in [9.17, 15) is 0 Å². The van der Waals surface area contributed by atoms with Gasteiger partial charge in [-0.25, -0.2) is 0 Å². The van der Waals surface area contributed by atoms with E-state index in [0.29, 0.717) is 18.7 Å². The average molecular weight is 547 g/mol. The first-order valence-corrected chi connectivity index (χ1v) is 11.4. The maximum atomic E-state index is 5.67. The standard InChI is InChI=1S/C24H42N4O2.HI/c1-7-30-22-10-8-21(9-11-22)24(12-16-29-17-13-24)18-27-23(25-6)26-14-15-28(19(2)3)20(4)5;/h8-11,19-20H,7,12-18H2,1-6H3,(H2,25,26,27);1H. The molecule has 1 aliphatic rings. The van der Waals surface area contributed by atoms with Gasteiger partial charge in [0.2, 0.25) is 0 Å². The summed E-state index contributed by atoms with van der Waals surface area (Å²) in [5, 5.41) is 7.07. The Kier molecular flexibility index (Phi) is 12.8. The molecule has 1 saturated heterocycles. The predicted octanol–water partition coefficient (Wildman–Crippen LogP) is 4.04. The number of ether oxygens (including phenoxy) is 2. The lowest BCUT2D eigenvalue weighted by Gasteiger charge is -2.38.